The van der Waals surface area contributed by atoms with Crippen LogP contribution in [0.2, 0.25) is 0 Å². The van der Waals surface area contributed by atoms with Crippen LogP contribution in [-0.4, -0.2) is 17.0 Å². The van der Waals surface area contributed by atoms with Crippen LogP contribution in [0.25, 0.3) is 0 Å². The lowest BCUT2D eigenvalue weighted by Crippen LogP contribution is -2.24. The summed E-state index contributed by atoms with van der Waals surface area (Å²) in [6, 6.07) is 1.82. The maximum atomic E-state index is 11.5. The smallest absolute Gasteiger partial charge is 0.252 e. The van der Waals surface area contributed by atoms with E-state index in [1.807, 2.05) is 30.1 Å². The Labute approximate surface area is 85.1 Å². The maximum Gasteiger partial charge on any atom is 0.252 e. The summed E-state index contributed by atoms with van der Waals surface area (Å²) in [5.74, 6) is 0.650. The van der Waals surface area contributed by atoms with E-state index in [1.165, 1.54) is 0 Å². The number of nitrogens with one attached hydrogen (secondary N) is 1. The van der Waals surface area contributed by atoms with Crippen molar-refractivity contribution < 1.29 is 4.79 Å². The second-order valence-electron chi connectivity index (χ2n) is 4.00. The number of carbonyl (C=O) groups is 1. The van der Waals surface area contributed by atoms with Crippen molar-refractivity contribution in [2.24, 2.45) is 13.0 Å². The van der Waals surface area contributed by atoms with E-state index < -0.39 is 0 Å². The molecule has 0 aromatic carbocycles. The Bertz CT molecular complexity index is 302. The number of aryl methyl sites for hydroxylation is 1. The third-order valence-electron chi connectivity index (χ3n) is 2.10. The van der Waals surface area contributed by atoms with E-state index in [2.05, 4.69) is 19.2 Å². The van der Waals surface area contributed by atoms with E-state index >= 15 is 0 Å². The van der Waals surface area contributed by atoms with Crippen LogP contribution in [0.1, 0.15) is 30.6 Å². The molecule has 0 aliphatic heterocycles. The van der Waals surface area contributed by atoms with Crippen molar-refractivity contribution in [3.8, 4) is 0 Å². The van der Waals surface area contributed by atoms with Crippen LogP contribution in [0.15, 0.2) is 18.5 Å². The molecule has 1 amide bonds. The van der Waals surface area contributed by atoms with E-state index in [0.717, 1.165) is 18.5 Å². The summed E-state index contributed by atoms with van der Waals surface area (Å²) in [6.45, 7) is 5.05. The van der Waals surface area contributed by atoms with Gasteiger partial charge in [0.05, 0.1) is 5.56 Å². The molecule has 1 heterocycles. The second-order valence-corrected chi connectivity index (χ2v) is 4.00. The standard InChI is InChI=1S/C11H18N2O/c1-9(2)4-6-12-11(14)10-5-7-13(3)8-10/h5,7-9H,4,6H2,1-3H3,(H,12,14). The van der Waals surface area contributed by atoms with E-state index in [9.17, 15) is 4.79 Å². The van der Waals surface area contributed by atoms with Crippen molar-refractivity contribution in [3.05, 3.63) is 24.0 Å². The average molecular weight is 194 g/mol. The minimum absolute atomic E-state index is 0.0197. The summed E-state index contributed by atoms with van der Waals surface area (Å²) in [6.07, 6.45) is 4.72. The molecule has 0 saturated heterocycles. The molecule has 0 saturated carbocycles. The van der Waals surface area contributed by atoms with Gasteiger partial charge in [0.1, 0.15) is 0 Å². The number of aromatic nitrogens is 1. The molecule has 0 spiro atoms. The molecule has 3 nitrogen and oxygen atoms in total. The van der Waals surface area contributed by atoms with Crippen molar-refractivity contribution in [1.29, 1.82) is 0 Å². The molecule has 0 aliphatic rings. The first kappa shape index (κ1) is 10.8. The zero-order chi connectivity index (χ0) is 10.6. The highest BCUT2D eigenvalue weighted by atomic mass is 16.1. The van der Waals surface area contributed by atoms with Gasteiger partial charge < -0.3 is 9.88 Å². The molecule has 1 rings (SSSR count). The molecular weight excluding hydrogens is 176 g/mol. The van der Waals surface area contributed by atoms with Crippen molar-refractivity contribution >= 4 is 5.91 Å². The number of rotatable bonds is 4. The minimum Gasteiger partial charge on any atom is -0.356 e. The predicted octanol–water partition coefficient (Wildman–Crippen LogP) is 1.80. The Morgan fingerprint density at radius 1 is 1.57 bits per heavy atom. The summed E-state index contributed by atoms with van der Waals surface area (Å²) in [7, 11) is 1.91. The third-order valence-corrected chi connectivity index (χ3v) is 2.10. The van der Waals surface area contributed by atoms with Crippen LogP contribution in [0.5, 0.6) is 0 Å². The van der Waals surface area contributed by atoms with Crippen molar-refractivity contribution in [1.82, 2.24) is 9.88 Å². The molecule has 1 aromatic heterocycles. The lowest BCUT2D eigenvalue weighted by molar-refractivity contribution is 0.0952. The van der Waals surface area contributed by atoms with Gasteiger partial charge in [-0.15, -0.1) is 0 Å². The fourth-order valence-electron chi connectivity index (χ4n) is 1.21. The highest BCUT2D eigenvalue weighted by Gasteiger charge is 2.05. The summed E-state index contributed by atoms with van der Waals surface area (Å²) >= 11 is 0. The van der Waals surface area contributed by atoms with Gasteiger partial charge in [-0.25, -0.2) is 0 Å². The van der Waals surface area contributed by atoms with Gasteiger partial charge in [-0.1, -0.05) is 13.8 Å². The van der Waals surface area contributed by atoms with Crippen molar-refractivity contribution in [2.45, 2.75) is 20.3 Å². The summed E-state index contributed by atoms with van der Waals surface area (Å²) in [4.78, 5) is 11.5. The molecule has 1 N–H and O–H groups in total. The van der Waals surface area contributed by atoms with Gasteiger partial charge in [0.2, 0.25) is 0 Å². The first-order chi connectivity index (χ1) is 6.59. The first-order valence-corrected chi connectivity index (χ1v) is 4.99. The molecule has 0 atom stereocenters. The minimum atomic E-state index is 0.0197. The van der Waals surface area contributed by atoms with Gasteiger partial charge in [-0.3, -0.25) is 4.79 Å². The maximum absolute atomic E-state index is 11.5. The van der Waals surface area contributed by atoms with E-state index in [4.69, 9.17) is 0 Å². The molecular formula is C11H18N2O. The molecule has 14 heavy (non-hydrogen) atoms. The van der Waals surface area contributed by atoms with Crippen LogP contribution in [0, 0.1) is 5.92 Å². The molecule has 0 unspecified atom stereocenters. The molecule has 0 aliphatic carbocycles. The predicted molar refractivity (Wildman–Crippen MR) is 57.2 cm³/mol. The number of hydrogen-bond donors (Lipinski definition) is 1. The summed E-state index contributed by atoms with van der Waals surface area (Å²) in [5, 5.41) is 2.89. The van der Waals surface area contributed by atoms with E-state index in [0.29, 0.717) is 5.92 Å². The monoisotopic (exact) mass is 194 g/mol. The highest BCUT2D eigenvalue weighted by Crippen LogP contribution is 2.00. The van der Waals surface area contributed by atoms with E-state index in [-0.39, 0.29) is 5.91 Å². The molecule has 0 radical (unpaired) electrons. The molecule has 78 valence electrons. The largest absolute Gasteiger partial charge is 0.356 e. The molecule has 1 aromatic rings. The van der Waals surface area contributed by atoms with Crippen LogP contribution in [-0.2, 0) is 7.05 Å². The van der Waals surface area contributed by atoms with Gasteiger partial charge in [-0.2, -0.15) is 0 Å². The third kappa shape index (κ3) is 3.24. The lowest BCUT2D eigenvalue weighted by atomic mass is 10.1. The molecule has 0 fully saturated rings. The zero-order valence-electron chi connectivity index (χ0n) is 9.08. The highest BCUT2D eigenvalue weighted by molar-refractivity contribution is 5.93. The Kier molecular flexibility index (Phi) is 3.74. The Morgan fingerprint density at radius 3 is 2.79 bits per heavy atom. The summed E-state index contributed by atoms with van der Waals surface area (Å²) in [5.41, 5.74) is 0.733. The van der Waals surface area contributed by atoms with Crippen molar-refractivity contribution in [3.63, 3.8) is 0 Å². The Morgan fingerprint density at radius 2 is 2.29 bits per heavy atom. The Hall–Kier alpha value is -1.25. The van der Waals surface area contributed by atoms with Crippen LogP contribution in [0.4, 0.5) is 0 Å². The fourth-order valence-corrected chi connectivity index (χ4v) is 1.21. The number of amides is 1. The van der Waals surface area contributed by atoms with Crippen LogP contribution >= 0.6 is 0 Å². The topological polar surface area (TPSA) is 34.0 Å². The summed E-state index contributed by atoms with van der Waals surface area (Å²) < 4.78 is 1.87. The number of hydrogen-bond acceptors (Lipinski definition) is 1. The van der Waals surface area contributed by atoms with Gasteiger partial charge >= 0.3 is 0 Å². The SMILES string of the molecule is CC(C)CCNC(=O)c1ccn(C)c1. The van der Waals surface area contributed by atoms with Gasteiger partial charge in [0.15, 0.2) is 0 Å². The second kappa shape index (κ2) is 4.84. The average Bonchev–Trinajstić information content (AvgIpc) is 2.51. The Balaban J connectivity index is 2.36. The fraction of sp³-hybridized carbons (Fsp3) is 0.545. The lowest BCUT2D eigenvalue weighted by Gasteiger charge is -2.05. The molecule has 3 heteroatoms. The van der Waals surface area contributed by atoms with E-state index in [1.54, 1.807) is 0 Å². The number of carbonyl (C=O) groups excluding carboxylic acids is 1. The molecule has 0 bridgehead atoms. The van der Waals surface area contributed by atoms with Gasteiger partial charge in [-0.05, 0) is 18.4 Å². The first-order valence-electron chi connectivity index (χ1n) is 4.99. The van der Waals surface area contributed by atoms with Crippen LogP contribution < -0.4 is 5.32 Å². The van der Waals surface area contributed by atoms with Gasteiger partial charge in [0.25, 0.3) is 5.91 Å². The number of nitrogens with zero attached hydrogens (tertiary/aromatic N) is 1. The quantitative estimate of drug-likeness (QED) is 0.779. The van der Waals surface area contributed by atoms with Gasteiger partial charge in [0, 0.05) is 26.0 Å². The van der Waals surface area contributed by atoms with Crippen LogP contribution in [0.3, 0.4) is 0 Å². The zero-order valence-corrected chi connectivity index (χ0v) is 9.08. The normalized spacial score (nSPS) is 10.6. The van der Waals surface area contributed by atoms with Crippen molar-refractivity contribution in [2.75, 3.05) is 6.54 Å².